The van der Waals surface area contributed by atoms with Crippen molar-refractivity contribution in [3.63, 3.8) is 0 Å². The number of ketones is 1. The summed E-state index contributed by atoms with van der Waals surface area (Å²) in [5, 5.41) is 10.7. The number of amides is 1. The van der Waals surface area contributed by atoms with Gasteiger partial charge in [-0.25, -0.2) is 0 Å². The molecule has 1 heterocycles. The maximum atomic E-state index is 13.3. The minimum Gasteiger partial charge on any atom is -0.493 e. The molecule has 1 saturated heterocycles. The van der Waals surface area contributed by atoms with Crippen LogP contribution in [0.1, 0.15) is 47.5 Å². The van der Waals surface area contributed by atoms with Gasteiger partial charge in [-0.15, -0.1) is 0 Å². The first-order valence-electron chi connectivity index (χ1n) is 10.8. The van der Waals surface area contributed by atoms with Crippen molar-refractivity contribution >= 4 is 34.9 Å². The largest absolute Gasteiger partial charge is 0.493 e. The van der Waals surface area contributed by atoms with Crippen molar-refractivity contribution in [1.29, 1.82) is 5.26 Å². The van der Waals surface area contributed by atoms with Gasteiger partial charge in [0.25, 0.3) is 0 Å². The number of hydrogen-bond acceptors (Lipinski definition) is 5. The van der Waals surface area contributed by atoms with Gasteiger partial charge >= 0.3 is 0 Å². The fourth-order valence-corrected chi connectivity index (χ4v) is 4.43. The van der Waals surface area contributed by atoms with Gasteiger partial charge in [0.05, 0.1) is 30.3 Å². The Bertz CT molecular complexity index is 1060. The van der Waals surface area contributed by atoms with Gasteiger partial charge in [-0.1, -0.05) is 29.3 Å². The summed E-state index contributed by atoms with van der Waals surface area (Å²) >= 11 is 12.1. The van der Waals surface area contributed by atoms with Gasteiger partial charge in [-0.05, 0) is 55.2 Å². The van der Waals surface area contributed by atoms with Crippen LogP contribution in [0.2, 0.25) is 10.0 Å². The van der Waals surface area contributed by atoms with E-state index in [4.69, 9.17) is 32.7 Å². The Morgan fingerprint density at radius 1 is 1.00 bits per heavy atom. The summed E-state index contributed by atoms with van der Waals surface area (Å²) in [6, 6.07) is 12.0. The molecule has 3 rings (SSSR count). The molecule has 1 aliphatic rings. The Labute approximate surface area is 204 Å². The highest BCUT2D eigenvalue weighted by Gasteiger charge is 2.35. The molecule has 6 nitrogen and oxygen atoms in total. The second-order valence-electron chi connectivity index (χ2n) is 7.97. The zero-order valence-electron chi connectivity index (χ0n) is 18.6. The Kier molecular flexibility index (Phi) is 8.60. The minimum atomic E-state index is -1.02. The average molecular weight is 489 g/mol. The topological polar surface area (TPSA) is 79.6 Å². The standard InChI is InChI=1S/C25H26Cl2N2O4/c1-32-23-9-7-16(13-24(23)33-2)18(14-22(30)17-6-8-20(26)21(27)12-17)19(15-28)25(31)29-10-4-3-5-11-29/h6-9,12-13,18-19H,3-5,10-11,14H2,1-2H3/t18-,19-/m1/s1. The van der Waals surface area contributed by atoms with E-state index in [2.05, 4.69) is 6.07 Å². The number of carbonyl (C=O) groups is 2. The van der Waals surface area contributed by atoms with Crippen molar-refractivity contribution in [2.45, 2.75) is 31.6 Å². The van der Waals surface area contributed by atoms with E-state index >= 15 is 0 Å². The van der Waals surface area contributed by atoms with Crippen molar-refractivity contribution in [3.8, 4) is 17.6 Å². The van der Waals surface area contributed by atoms with E-state index in [1.165, 1.54) is 20.3 Å². The van der Waals surface area contributed by atoms with Crippen LogP contribution in [-0.4, -0.2) is 43.9 Å². The monoisotopic (exact) mass is 488 g/mol. The molecule has 0 bridgehead atoms. The molecular weight excluding hydrogens is 463 g/mol. The van der Waals surface area contributed by atoms with Crippen LogP contribution in [0, 0.1) is 17.2 Å². The molecule has 0 spiro atoms. The zero-order valence-corrected chi connectivity index (χ0v) is 20.2. The lowest BCUT2D eigenvalue weighted by molar-refractivity contribution is -0.135. The van der Waals surface area contributed by atoms with Gasteiger partial charge in [0.15, 0.2) is 17.3 Å². The second-order valence-corrected chi connectivity index (χ2v) is 8.78. The molecule has 0 aromatic heterocycles. The predicted molar refractivity (Wildman–Crippen MR) is 127 cm³/mol. The number of hydrogen-bond donors (Lipinski definition) is 0. The number of halogens is 2. The van der Waals surface area contributed by atoms with E-state index < -0.39 is 11.8 Å². The fraction of sp³-hybridized carbons (Fsp3) is 0.400. The Balaban J connectivity index is 1.99. The zero-order chi connectivity index (χ0) is 24.0. The molecule has 0 unspecified atom stereocenters. The van der Waals surface area contributed by atoms with Gasteiger partial charge in [0, 0.05) is 31.0 Å². The SMILES string of the molecule is COc1ccc([C@@H](CC(=O)c2ccc(Cl)c(Cl)c2)[C@@H](C#N)C(=O)N2CCCCC2)cc1OC. The Morgan fingerprint density at radius 3 is 2.30 bits per heavy atom. The van der Waals surface area contributed by atoms with Crippen LogP contribution >= 0.6 is 23.2 Å². The highest BCUT2D eigenvalue weighted by atomic mass is 35.5. The average Bonchev–Trinajstić information content (AvgIpc) is 2.85. The molecule has 2 aromatic carbocycles. The number of Topliss-reactive ketones (excluding diaryl/α,β-unsaturated/α-hetero) is 1. The Hall–Kier alpha value is -2.75. The first kappa shape index (κ1) is 24.9. The van der Waals surface area contributed by atoms with Crippen molar-refractivity contribution in [2.24, 2.45) is 5.92 Å². The molecule has 0 saturated carbocycles. The van der Waals surface area contributed by atoms with Crippen LogP contribution in [0.15, 0.2) is 36.4 Å². The van der Waals surface area contributed by atoms with E-state index in [1.54, 1.807) is 35.2 Å². The third kappa shape index (κ3) is 5.79. The van der Waals surface area contributed by atoms with Crippen molar-refractivity contribution in [1.82, 2.24) is 4.90 Å². The smallest absolute Gasteiger partial charge is 0.240 e. The third-order valence-electron chi connectivity index (χ3n) is 5.96. The molecule has 0 N–H and O–H groups in total. The van der Waals surface area contributed by atoms with Gasteiger partial charge in [0.1, 0.15) is 5.92 Å². The Morgan fingerprint density at radius 2 is 1.70 bits per heavy atom. The van der Waals surface area contributed by atoms with Gasteiger partial charge in [0.2, 0.25) is 5.91 Å². The summed E-state index contributed by atoms with van der Waals surface area (Å²) in [5.74, 6) is -1.20. The summed E-state index contributed by atoms with van der Waals surface area (Å²) < 4.78 is 10.7. The number of ether oxygens (including phenoxy) is 2. The highest BCUT2D eigenvalue weighted by Crippen LogP contribution is 2.37. The quantitative estimate of drug-likeness (QED) is 0.457. The van der Waals surface area contributed by atoms with Crippen molar-refractivity contribution in [3.05, 3.63) is 57.6 Å². The molecule has 0 radical (unpaired) electrons. The summed E-state index contributed by atoms with van der Waals surface area (Å²) in [6.07, 6.45) is 2.83. The lowest BCUT2D eigenvalue weighted by Gasteiger charge is -2.31. The molecule has 2 aromatic rings. The number of methoxy groups -OCH3 is 2. The van der Waals surface area contributed by atoms with E-state index in [9.17, 15) is 14.9 Å². The van der Waals surface area contributed by atoms with Gasteiger partial charge < -0.3 is 14.4 Å². The number of benzene rings is 2. The molecule has 33 heavy (non-hydrogen) atoms. The molecule has 1 amide bonds. The molecule has 1 aliphatic heterocycles. The lowest BCUT2D eigenvalue weighted by atomic mass is 9.81. The first-order chi connectivity index (χ1) is 15.9. The number of nitrogens with zero attached hydrogens (tertiary/aromatic N) is 2. The van der Waals surface area contributed by atoms with Gasteiger partial charge in [-0.2, -0.15) is 5.26 Å². The maximum absolute atomic E-state index is 13.3. The minimum absolute atomic E-state index is 0.0503. The summed E-state index contributed by atoms with van der Waals surface area (Å²) in [6.45, 7) is 1.24. The molecular formula is C25H26Cl2N2O4. The summed E-state index contributed by atoms with van der Waals surface area (Å²) in [7, 11) is 3.04. The fourth-order valence-electron chi connectivity index (χ4n) is 4.13. The van der Waals surface area contributed by atoms with E-state index in [1.807, 2.05) is 0 Å². The molecule has 0 aliphatic carbocycles. The summed E-state index contributed by atoms with van der Waals surface area (Å²) in [5.41, 5.74) is 1.02. The van der Waals surface area contributed by atoms with E-state index in [-0.39, 0.29) is 23.1 Å². The van der Waals surface area contributed by atoms with Crippen LogP contribution in [0.3, 0.4) is 0 Å². The highest BCUT2D eigenvalue weighted by molar-refractivity contribution is 6.42. The second kappa shape index (κ2) is 11.4. The van der Waals surface area contributed by atoms with Crippen LogP contribution in [0.4, 0.5) is 0 Å². The number of likely N-dealkylation sites (tertiary alicyclic amines) is 1. The lowest BCUT2D eigenvalue weighted by Crippen LogP contribution is -2.41. The first-order valence-corrected chi connectivity index (χ1v) is 11.5. The maximum Gasteiger partial charge on any atom is 0.240 e. The predicted octanol–water partition coefficient (Wildman–Crippen LogP) is 5.52. The van der Waals surface area contributed by atoms with E-state index in [0.29, 0.717) is 40.7 Å². The van der Waals surface area contributed by atoms with Crippen LogP contribution in [0.25, 0.3) is 0 Å². The van der Waals surface area contributed by atoms with Crippen LogP contribution < -0.4 is 9.47 Å². The third-order valence-corrected chi connectivity index (χ3v) is 6.70. The number of rotatable bonds is 8. The molecule has 2 atom stereocenters. The van der Waals surface area contributed by atoms with E-state index in [0.717, 1.165) is 19.3 Å². The normalized spacial score (nSPS) is 15.3. The number of nitriles is 1. The van der Waals surface area contributed by atoms with Crippen LogP contribution in [0.5, 0.6) is 11.5 Å². The van der Waals surface area contributed by atoms with Gasteiger partial charge in [-0.3, -0.25) is 9.59 Å². The molecule has 174 valence electrons. The molecule has 8 heteroatoms. The van der Waals surface area contributed by atoms with Crippen LogP contribution in [-0.2, 0) is 4.79 Å². The number of piperidine rings is 1. The van der Waals surface area contributed by atoms with Crippen molar-refractivity contribution in [2.75, 3.05) is 27.3 Å². The molecule has 1 fully saturated rings. The van der Waals surface area contributed by atoms with Crippen molar-refractivity contribution < 1.29 is 19.1 Å². The summed E-state index contributed by atoms with van der Waals surface area (Å²) in [4.78, 5) is 28.3. The number of carbonyl (C=O) groups excluding carboxylic acids is 2.